The number of amides is 6. The van der Waals surface area contributed by atoms with Crippen molar-refractivity contribution in [1.82, 2.24) is 69.9 Å². The molecule has 27 nitrogen and oxygen atoms in total. The normalized spacial score (nSPS) is 18.7. The summed E-state index contributed by atoms with van der Waals surface area (Å²) < 4.78 is 51.4. The number of likely N-dealkylation sites (N-methyl/N-ethyl adjacent to an activating group) is 1. The Morgan fingerprint density at radius 1 is 0.670 bits per heavy atom. The highest BCUT2D eigenvalue weighted by atomic mass is 19.1. The number of carboxylic acid groups (broad SMARTS) is 1. The molecule has 29 heteroatoms. The first-order valence-electron chi connectivity index (χ1n) is 31.0. The van der Waals surface area contributed by atoms with Gasteiger partial charge in [-0.1, -0.05) is 86.7 Å². The lowest BCUT2D eigenvalue weighted by Gasteiger charge is -2.34. The molecule has 4 aromatic carbocycles. The van der Waals surface area contributed by atoms with Crippen molar-refractivity contribution in [2.75, 3.05) is 43.0 Å². The standard InChI is InChI=1S/C65H70F2N16O11/c1-36(2)56(72-62(87)88)60(85)80-22-6-8-54(80)58-68-26-52(70-58)40-14-10-38(11-15-40)49-21-19-45(25-51(49)67)83-33-47(94-65(83)91)31-79-29-43(74-76-79)35-92-63(89)77(5)57(37(3)4)61(86)81-23-7-9-55(81)59-69-27-53(71-59)41-16-12-39(13-17-41)48-20-18-44(24-50(48)66)82-32-46(93-64(82)90)30-78-28-42(34-84)73-75-78/h10-21,24-29,36-37,46-47,54-57,72,84H,6-9,22-23,30-35H2,1-5H3,(H,68,70)(H,69,71)(H,87,88)/t46-,47-,54-,55-,56-,57-/m0/s1. The van der Waals surface area contributed by atoms with Gasteiger partial charge in [0.15, 0.2) is 0 Å². The van der Waals surface area contributed by atoms with Crippen molar-refractivity contribution in [1.29, 1.82) is 0 Å². The van der Waals surface area contributed by atoms with Crippen molar-refractivity contribution >= 4 is 47.6 Å². The lowest BCUT2D eigenvalue weighted by atomic mass is 10.0. The molecule has 6 atom stereocenters. The summed E-state index contributed by atoms with van der Waals surface area (Å²) >= 11 is 0. The summed E-state index contributed by atoms with van der Waals surface area (Å²) in [4.78, 5) is 102. The molecule has 4 saturated heterocycles. The molecule has 0 bridgehead atoms. The number of imidazole rings is 2. The first-order valence-corrected chi connectivity index (χ1v) is 31.0. The number of rotatable bonds is 21. The van der Waals surface area contributed by atoms with Gasteiger partial charge in [0.1, 0.15) is 65.6 Å². The van der Waals surface area contributed by atoms with Crippen LogP contribution >= 0.6 is 0 Å². The van der Waals surface area contributed by atoms with Crippen LogP contribution in [-0.2, 0) is 50.1 Å². The first kappa shape index (κ1) is 63.6. The minimum Gasteiger partial charge on any atom is -0.465 e. The van der Waals surface area contributed by atoms with E-state index < -0.39 is 66.3 Å². The second kappa shape index (κ2) is 26.9. The third kappa shape index (κ3) is 13.4. The van der Waals surface area contributed by atoms with E-state index in [0.29, 0.717) is 100 Å². The largest absolute Gasteiger partial charge is 0.465 e. The Morgan fingerprint density at radius 3 is 1.59 bits per heavy atom. The summed E-state index contributed by atoms with van der Waals surface area (Å²) in [6.45, 7) is 8.25. The van der Waals surface area contributed by atoms with Crippen LogP contribution in [0.5, 0.6) is 0 Å². The maximum atomic E-state index is 15.9. The summed E-state index contributed by atoms with van der Waals surface area (Å²) in [6, 6.07) is 21.0. The van der Waals surface area contributed by atoms with E-state index in [4.69, 9.17) is 14.2 Å². The first-order chi connectivity index (χ1) is 45.3. The zero-order chi connectivity index (χ0) is 66.1. The summed E-state index contributed by atoms with van der Waals surface area (Å²) in [5.41, 5.74) is 6.10. The maximum Gasteiger partial charge on any atom is 0.414 e. The van der Waals surface area contributed by atoms with Crippen LogP contribution in [0.15, 0.2) is 110 Å². The van der Waals surface area contributed by atoms with Gasteiger partial charge < -0.3 is 49.5 Å². The molecule has 0 aliphatic carbocycles. The number of aromatic amines is 2. The molecule has 0 saturated carbocycles. The summed E-state index contributed by atoms with van der Waals surface area (Å²) in [5.74, 6) is -1.04. The summed E-state index contributed by atoms with van der Waals surface area (Å²) in [7, 11) is 1.52. The number of carbonyl (C=O) groups is 6. The number of halogens is 2. The Kier molecular flexibility index (Phi) is 18.2. The van der Waals surface area contributed by atoms with Crippen molar-refractivity contribution in [2.45, 2.75) is 116 Å². The number of aromatic nitrogens is 10. The predicted octanol–water partition coefficient (Wildman–Crippen LogP) is 8.72. The van der Waals surface area contributed by atoms with Crippen LogP contribution in [0.25, 0.3) is 44.8 Å². The van der Waals surface area contributed by atoms with Gasteiger partial charge in [0.25, 0.3) is 0 Å². The Hall–Kier alpha value is -10.6. The second-order valence-corrected chi connectivity index (χ2v) is 24.5. The average Bonchev–Trinajstić information content (AvgIpc) is 1.56. The molecule has 0 radical (unpaired) electrons. The number of carbonyl (C=O) groups excluding carboxylic acids is 5. The Morgan fingerprint density at radius 2 is 1.14 bits per heavy atom. The van der Waals surface area contributed by atoms with E-state index in [1.807, 2.05) is 38.1 Å². The molecule has 8 aromatic rings. The van der Waals surface area contributed by atoms with Gasteiger partial charge >= 0.3 is 24.4 Å². The minimum absolute atomic E-state index is 0.0868. The molecular weight excluding hydrogens is 1220 g/mol. The van der Waals surface area contributed by atoms with Gasteiger partial charge in [0, 0.05) is 31.3 Å². The number of aliphatic hydroxyl groups is 1. The topological polar surface area (TPSA) is 318 Å². The van der Waals surface area contributed by atoms with E-state index in [-0.39, 0.29) is 69.1 Å². The Bertz CT molecular complexity index is 4120. The van der Waals surface area contributed by atoms with E-state index in [9.17, 15) is 39.0 Å². The van der Waals surface area contributed by atoms with Gasteiger partial charge in [-0.05, 0) is 96.2 Å². The molecule has 4 aliphatic heterocycles. The van der Waals surface area contributed by atoms with E-state index in [1.165, 1.54) is 43.2 Å². The fourth-order valence-electron chi connectivity index (χ4n) is 12.7. The zero-order valence-corrected chi connectivity index (χ0v) is 52.1. The van der Waals surface area contributed by atoms with E-state index in [0.717, 1.165) is 17.5 Å². The third-order valence-electron chi connectivity index (χ3n) is 17.4. The second-order valence-electron chi connectivity index (χ2n) is 24.5. The number of nitrogens with one attached hydrogen (secondary N) is 3. The highest BCUT2D eigenvalue weighted by Gasteiger charge is 2.42. The smallest absolute Gasteiger partial charge is 0.414 e. The van der Waals surface area contributed by atoms with Crippen LogP contribution in [0.4, 0.5) is 39.3 Å². The lowest BCUT2D eigenvalue weighted by Crippen LogP contribution is -2.52. The maximum absolute atomic E-state index is 15.9. The molecule has 12 rings (SSSR count). The number of aliphatic hydroxyl groups excluding tert-OH is 1. The molecule has 6 amide bonds. The van der Waals surface area contributed by atoms with E-state index >= 15 is 8.78 Å². The molecule has 4 aromatic heterocycles. The SMILES string of the molecule is CC(C)[C@H](NC(=O)O)C(=O)N1CCC[C@H]1c1ncc(-c2ccc(-c3ccc(N4C[C@H](Cn5cc(COC(=O)N(C)[C@H](C(=O)N6CCC[C@H]6c6ncc(-c7ccc(-c8ccc(N9C[C@H](Cn%10cc(CO)nn%10)OC9=O)cc8F)cc7)[nH]6)C(C)C)nn5)OC4=O)cc3F)cc2)[nH]1. The van der Waals surface area contributed by atoms with Crippen molar-refractivity contribution in [3.8, 4) is 44.8 Å². The van der Waals surface area contributed by atoms with Crippen LogP contribution in [0.3, 0.4) is 0 Å². The van der Waals surface area contributed by atoms with Gasteiger partial charge in [-0.25, -0.2) is 47.3 Å². The number of hydrogen-bond donors (Lipinski definition) is 5. The van der Waals surface area contributed by atoms with Crippen LogP contribution in [0, 0.1) is 23.5 Å². The quantitative estimate of drug-likeness (QED) is 0.0420. The highest BCUT2D eigenvalue weighted by Crippen LogP contribution is 2.38. The van der Waals surface area contributed by atoms with Gasteiger partial charge in [0.05, 0.1) is 92.4 Å². The van der Waals surface area contributed by atoms with Crippen molar-refractivity contribution in [3.05, 3.63) is 144 Å². The van der Waals surface area contributed by atoms with E-state index in [2.05, 4.69) is 45.9 Å². The van der Waals surface area contributed by atoms with Crippen LogP contribution < -0.4 is 15.1 Å². The number of likely N-dealkylation sites (tertiary alicyclic amines) is 2. The highest BCUT2D eigenvalue weighted by molar-refractivity contribution is 5.92. The lowest BCUT2D eigenvalue weighted by molar-refractivity contribution is -0.139. The molecule has 4 fully saturated rings. The number of ether oxygens (including phenoxy) is 3. The number of H-pyrrole nitrogens is 2. The molecule has 94 heavy (non-hydrogen) atoms. The number of nitrogens with zero attached hydrogens (tertiary/aromatic N) is 13. The Balaban J connectivity index is 0.609. The number of cyclic esters (lactones) is 2. The predicted molar refractivity (Wildman–Crippen MR) is 334 cm³/mol. The molecule has 4 aliphatic rings. The molecule has 0 spiro atoms. The fraction of sp³-hybridized carbons (Fsp3) is 0.385. The number of benzene rings is 4. The summed E-state index contributed by atoms with van der Waals surface area (Å²) in [5, 5.41) is 37.1. The molecule has 0 unspecified atom stereocenters. The molecule has 490 valence electrons. The van der Waals surface area contributed by atoms with Crippen molar-refractivity contribution < 1.29 is 62.0 Å². The van der Waals surface area contributed by atoms with Gasteiger partial charge in [-0.15, -0.1) is 10.2 Å². The van der Waals surface area contributed by atoms with Crippen LogP contribution in [0.2, 0.25) is 0 Å². The fourth-order valence-corrected chi connectivity index (χ4v) is 12.7. The third-order valence-corrected chi connectivity index (χ3v) is 17.4. The van der Waals surface area contributed by atoms with Gasteiger partial charge in [0.2, 0.25) is 11.8 Å². The molecule has 8 heterocycles. The zero-order valence-electron chi connectivity index (χ0n) is 52.1. The van der Waals surface area contributed by atoms with Crippen LogP contribution in [0.1, 0.15) is 88.5 Å². The molecule has 5 N–H and O–H groups in total. The molecular formula is C65H70F2N16O11. The Labute approximate surface area is 537 Å². The van der Waals surface area contributed by atoms with Crippen LogP contribution in [-0.4, -0.2) is 169 Å². The summed E-state index contributed by atoms with van der Waals surface area (Å²) in [6.07, 6.45) is 4.70. The minimum atomic E-state index is -1.26. The monoisotopic (exact) mass is 1290 g/mol. The van der Waals surface area contributed by atoms with Gasteiger partial charge in [-0.2, -0.15) is 0 Å². The van der Waals surface area contributed by atoms with E-state index in [1.54, 1.807) is 97.0 Å². The number of anilines is 2. The van der Waals surface area contributed by atoms with Gasteiger partial charge in [-0.3, -0.25) is 24.3 Å². The number of hydrogen-bond acceptors (Lipinski definition) is 16. The van der Waals surface area contributed by atoms with Crippen molar-refractivity contribution in [3.63, 3.8) is 0 Å². The average molecular weight is 1290 g/mol. The van der Waals surface area contributed by atoms with Crippen molar-refractivity contribution in [2.24, 2.45) is 11.8 Å².